The first-order valence-electron chi connectivity index (χ1n) is 6.89. The van der Waals surface area contributed by atoms with Gasteiger partial charge < -0.3 is 0 Å². The van der Waals surface area contributed by atoms with Gasteiger partial charge in [-0.25, -0.2) is 0 Å². The molecule has 0 aliphatic rings. The normalized spacial score (nSPS) is 11.2. The van der Waals surface area contributed by atoms with E-state index in [9.17, 15) is 4.79 Å². The van der Waals surface area contributed by atoms with Crippen LogP contribution >= 0.6 is 0 Å². The predicted octanol–water partition coefficient (Wildman–Crippen LogP) is 0.944. The quantitative estimate of drug-likeness (QED) is 0.416. The number of hydrogen-bond donors (Lipinski definition) is 0. The molecule has 5 aromatic rings. The first-order chi connectivity index (χ1) is 10.3. The molecule has 0 unspecified atom stereocenters. The maximum absolute atomic E-state index is 12.9. The average Bonchev–Trinajstić information content (AvgIpc) is 2.92. The fraction of sp³-hybridized carbons (Fsp3) is 0. The van der Waals surface area contributed by atoms with Gasteiger partial charge in [0.15, 0.2) is 0 Å². The molecular weight excluding hydrogens is 255 g/mol. The number of hydrogen-bond acceptors (Lipinski definition) is 2. The molecule has 3 aromatic heterocycles. The van der Waals surface area contributed by atoms with E-state index in [2.05, 4.69) is 4.98 Å². The van der Waals surface area contributed by atoms with Crippen LogP contribution < -0.4 is 5.56 Å². The number of pyridine rings is 1. The van der Waals surface area contributed by atoms with Crippen molar-refractivity contribution >= 4 is 65.0 Å². The Morgan fingerprint density at radius 1 is 0.952 bits per heavy atom. The molecule has 0 saturated heterocycles. The van der Waals surface area contributed by atoms with Crippen LogP contribution in [0.4, 0.5) is 0 Å². The van der Waals surface area contributed by atoms with Crippen LogP contribution in [0.25, 0.3) is 38.0 Å². The van der Waals surface area contributed by atoms with Crippen LogP contribution in [0.15, 0.2) is 41.2 Å². The summed E-state index contributed by atoms with van der Waals surface area (Å²) in [6.07, 6.45) is 0. The first kappa shape index (κ1) is 11.5. The molecule has 90 valence electrons. The molecule has 0 N–H and O–H groups in total. The van der Waals surface area contributed by atoms with Gasteiger partial charge in [-0.2, -0.15) is 0 Å². The van der Waals surface area contributed by atoms with Gasteiger partial charge >= 0.3 is 121 Å². The Morgan fingerprint density at radius 2 is 1.71 bits per heavy atom. The molecule has 3 nitrogen and oxygen atoms in total. The molecule has 0 radical (unpaired) electrons. The van der Waals surface area contributed by atoms with Gasteiger partial charge in [-0.1, -0.05) is 0 Å². The molecule has 0 bridgehead atoms. The van der Waals surface area contributed by atoms with Gasteiger partial charge in [0, 0.05) is 0 Å². The Morgan fingerprint density at radius 3 is 2.57 bits per heavy atom. The van der Waals surface area contributed by atoms with Crippen LogP contribution in [-0.2, 0) is 0 Å². The van der Waals surface area contributed by atoms with E-state index in [1.165, 1.54) is 0 Å². The Bertz CT molecular complexity index is 1210. The van der Waals surface area contributed by atoms with Crippen molar-refractivity contribution in [1.29, 1.82) is 0 Å². The maximum atomic E-state index is 12.9. The van der Waals surface area contributed by atoms with E-state index in [1.807, 2.05) is 63.4 Å². The number of rotatable bonds is 0. The summed E-state index contributed by atoms with van der Waals surface area (Å²) in [6.45, 7) is 7.77. The van der Waals surface area contributed by atoms with E-state index in [0.29, 0.717) is 0 Å². The van der Waals surface area contributed by atoms with E-state index in [0.717, 1.165) is 38.0 Å². The van der Waals surface area contributed by atoms with Gasteiger partial charge in [0.1, 0.15) is 0 Å². The van der Waals surface area contributed by atoms with Gasteiger partial charge in [0.05, 0.1) is 0 Å². The zero-order valence-corrected chi connectivity index (χ0v) is 11.1. The number of aromatic nitrogens is 2. The molecule has 0 amide bonds. The molecule has 0 atom stereocenters. The van der Waals surface area contributed by atoms with Crippen molar-refractivity contribution in [3.63, 3.8) is 0 Å². The monoisotopic (exact) mass is 262 g/mol. The average molecular weight is 261 g/mol. The second kappa shape index (κ2) is 3.94. The van der Waals surface area contributed by atoms with Crippen LogP contribution in [0.3, 0.4) is 0 Å². The molecule has 2 aromatic carbocycles. The van der Waals surface area contributed by atoms with Gasteiger partial charge in [-0.3, -0.25) is 0 Å². The molecule has 0 saturated carbocycles. The van der Waals surface area contributed by atoms with Gasteiger partial charge in [0.25, 0.3) is 0 Å². The van der Waals surface area contributed by atoms with Crippen molar-refractivity contribution in [3.8, 4) is 0 Å². The molecule has 21 heavy (non-hydrogen) atoms. The molecule has 5 rings (SSSR count). The second-order valence-corrected chi connectivity index (χ2v) is 5.27. The summed E-state index contributed by atoms with van der Waals surface area (Å²) >= 11 is 0. The standard InChI is InChI=1S/C14H6B4N2O/c21-14-9-6-2-4-7-3-1-5-8(10(7)9)13-19-11-12(20(13)14)16-18-17-15-11/h1-6H. The van der Waals surface area contributed by atoms with E-state index in [1.54, 1.807) is 4.40 Å². The summed E-state index contributed by atoms with van der Waals surface area (Å²) in [5, 5.41) is 3.86. The van der Waals surface area contributed by atoms with Crippen LogP contribution in [0, 0.1) is 0 Å². The Labute approximate surface area is 121 Å². The summed E-state index contributed by atoms with van der Waals surface area (Å²) in [5.74, 6) is 0. The molecule has 0 aliphatic carbocycles. The summed E-state index contributed by atoms with van der Waals surface area (Å²) in [7, 11) is 0. The number of benzene rings is 2. The van der Waals surface area contributed by atoms with Crippen molar-refractivity contribution in [2.75, 3.05) is 0 Å². The Hall–Kier alpha value is -2.16. The van der Waals surface area contributed by atoms with Crippen LogP contribution in [0.1, 0.15) is 0 Å². The van der Waals surface area contributed by atoms with Gasteiger partial charge in [-0.15, -0.1) is 0 Å². The fourth-order valence-corrected chi connectivity index (χ4v) is 3.24. The van der Waals surface area contributed by atoms with Gasteiger partial charge in [0.2, 0.25) is 0 Å². The van der Waals surface area contributed by atoms with Crippen LogP contribution in [0.5, 0.6) is 0 Å². The third kappa shape index (κ3) is 1.39. The van der Waals surface area contributed by atoms with Crippen molar-refractivity contribution in [2.24, 2.45) is 0 Å². The summed E-state index contributed by atoms with van der Waals surface area (Å²) in [4.78, 5) is 17.6. The summed E-state index contributed by atoms with van der Waals surface area (Å²) in [6, 6.07) is 12.0. The van der Waals surface area contributed by atoms with E-state index in [4.69, 9.17) is 0 Å². The number of imidazole rings is 1. The first-order valence-corrected chi connectivity index (χ1v) is 6.89. The van der Waals surface area contributed by atoms with Crippen LogP contribution in [0.2, 0.25) is 0 Å². The SMILES string of the molecule is O=c1c2cccc3cccc(c32)c2nc3bbbbc3n12. The molecule has 0 fully saturated rings. The van der Waals surface area contributed by atoms with Crippen molar-refractivity contribution in [3.05, 3.63) is 46.8 Å². The van der Waals surface area contributed by atoms with Crippen molar-refractivity contribution < 1.29 is 0 Å². The molecular formula is C14H6B4N2O. The number of fused-ring (bicyclic) bond motifs is 4. The van der Waals surface area contributed by atoms with E-state index in [-0.39, 0.29) is 5.56 Å². The Kier molecular flexibility index (Phi) is 2.16. The fourth-order valence-electron chi connectivity index (χ4n) is 3.24. The minimum absolute atomic E-state index is 0.00278. The van der Waals surface area contributed by atoms with Crippen molar-refractivity contribution in [2.45, 2.75) is 0 Å². The van der Waals surface area contributed by atoms with E-state index < -0.39 is 0 Å². The number of nitrogens with zero attached hydrogens (tertiary/aromatic N) is 2. The van der Waals surface area contributed by atoms with Gasteiger partial charge in [-0.05, 0) is 0 Å². The Balaban J connectivity index is 2.27. The third-order valence-electron chi connectivity index (χ3n) is 4.14. The third-order valence-corrected chi connectivity index (χ3v) is 4.14. The summed E-state index contributed by atoms with van der Waals surface area (Å²) < 4.78 is 1.73. The zero-order chi connectivity index (χ0) is 14.0. The van der Waals surface area contributed by atoms with Crippen molar-refractivity contribution in [1.82, 2.24) is 9.38 Å². The molecule has 7 heteroatoms. The second-order valence-electron chi connectivity index (χ2n) is 5.27. The summed E-state index contributed by atoms with van der Waals surface area (Å²) in [5.41, 5.74) is 2.46. The zero-order valence-electron chi connectivity index (χ0n) is 11.1. The molecule has 0 aliphatic heterocycles. The van der Waals surface area contributed by atoms with Crippen LogP contribution in [-0.4, -0.2) is 36.3 Å². The van der Waals surface area contributed by atoms with E-state index >= 15 is 0 Å². The molecule has 3 heterocycles. The predicted molar refractivity (Wildman–Crippen MR) is 90.6 cm³/mol. The molecule has 0 spiro atoms. The minimum atomic E-state index is 0.00278. The topological polar surface area (TPSA) is 34.4 Å².